The largest absolute Gasteiger partial charge is 0.493 e. The summed E-state index contributed by atoms with van der Waals surface area (Å²) in [6.45, 7) is 4.88. The molecule has 0 aliphatic heterocycles. The molecule has 0 aliphatic rings. The van der Waals surface area contributed by atoms with E-state index in [1.807, 2.05) is 24.3 Å². The van der Waals surface area contributed by atoms with Crippen LogP contribution < -0.4 is 4.74 Å². The number of nitrogens with zero attached hydrogens (tertiary/aromatic N) is 2. The van der Waals surface area contributed by atoms with E-state index in [-0.39, 0.29) is 0 Å². The van der Waals surface area contributed by atoms with Crippen LogP contribution in [-0.4, -0.2) is 11.6 Å². The van der Waals surface area contributed by atoms with Gasteiger partial charge in [-0.3, -0.25) is 0 Å². The third-order valence-corrected chi connectivity index (χ3v) is 3.69. The van der Waals surface area contributed by atoms with Crippen LogP contribution in [0.4, 0.5) is 0 Å². The molecule has 1 heterocycles. The number of hydrogen-bond donors (Lipinski definition) is 0. The number of hydrogen-bond acceptors (Lipinski definition) is 4. The molecule has 0 N–H and O–H groups in total. The molecule has 2 aromatic rings. The molecular formula is C15H15ClN2OS. The minimum absolute atomic E-state index is 0.455. The topological polar surface area (TPSA) is 45.9 Å². The van der Waals surface area contributed by atoms with Gasteiger partial charge in [0.2, 0.25) is 0 Å². The number of nitriles is 1. The molecule has 0 saturated heterocycles. The minimum Gasteiger partial charge on any atom is -0.493 e. The highest BCUT2D eigenvalue weighted by Crippen LogP contribution is 2.27. The lowest BCUT2D eigenvalue weighted by Crippen LogP contribution is -2.06. The van der Waals surface area contributed by atoms with Crippen molar-refractivity contribution in [1.29, 1.82) is 5.26 Å². The van der Waals surface area contributed by atoms with Crippen LogP contribution in [0.5, 0.6) is 5.75 Å². The van der Waals surface area contributed by atoms with Gasteiger partial charge in [-0.05, 0) is 24.1 Å². The number of aromatic nitrogens is 1. The molecule has 0 atom stereocenters. The summed E-state index contributed by atoms with van der Waals surface area (Å²) in [5, 5.41) is 12.1. The Balaban J connectivity index is 2.20. The van der Waals surface area contributed by atoms with Crippen LogP contribution in [0.15, 0.2) is 23.6 Å². The van der Waals surface area contributed by atoms with E-state index in [2.05, 4.69) is 18.8 Å². The van der Waals surface area contributed by atoms with E-state index >= 15 is 0 Å². The van der Waals surface area contributed by atoms with Crippen LogP contribution in [0.2, 0.25) is 5.02 Å². The highest BCUT2D eigenvalue weighted by Gasteiger charge is 2.10. The van der Waals surface area contributed by atoms with Gasteiger partial charge in [0, 0.05) is 22.4 Å². The Morgan fingerprint density at radius 3 is 2.90 bits per heavy atom. The fourth-order valence-corrected chi connectivity index (χ4v) is 2.63. The second-order valence-electron chi connectivity index (χ2n) is 4.87. The molecule has 5 heteroatoms. The van der Waals surface area contributed by atoms with Crippen molar-refractivity contribution in [3.05, 3.63) is 44.9 Å². The van der Waals surface area contributed by atoms with E-state index in [0.717, 1.165) is 16.3 Å². The first-order valence-electron chi connectivity index (χ1n) is 6.34. The van der Waals surface area contributed by atoms with Crippen molar-refractivity contribution in [1.82, 2.24) is 4.98 Å². The van der Waals surface area contributed by atoms with Crippen LogP contribution in [0, 0.1) is 17.2 Å². The Kier molecular flexibility index (Phi) is 4.99. The second kappa shape index (κ2) is 6.74. The van der Waals surface area contributed by atoms with Gasteiger partial charge in [0.1, 0.15) is 11.8 Å². The monoisotopic (exact) mass is 306 g/mol. The fraction of sp³-hybridized carbons (Fsp3) is 0.333. The predicted molar refractivity (Wildman–Crippen MR) is 81.4 cm³/mol. The molecular weight excluding hydrogens is 292 g/mol. The first kappa shape index (κ1) is 14.8. The minimum atomic E-state index is 0.455. The summed E-state index contributed by atoms with van der Waals surface area (Å²) in [6.07, 6.45) is 0.625. The highest BCUT2D eigenvalue weighted by atomic mass is 35.5. The summed E-state index contributed by atoms with van der Waals surface area (Å²) < 4.78 is 5.81. The van der Waals surface area contributed by atoms with Crippen molar-refractivity contribution in [3.8, 4) is 11.8 Å². The van der Waals surface area contributed by atoms with E-state index in [1.165, 1.54) is 11.3 Å². The third-order valence-electron chi connectivity index (χ3n) is 2.60. The zero-order valence-corrected chi connectivity index (χ0v) is 13.0. The quantitative estimate of drug-likeness (QED) is 0.827. The number of thiazole rings is 1. The van der Waals surface area contributed by atoms with Crippen LogP contribution in [0.1, 0.15) is 30.1 Å². The maximum atomic E-state index is 8.81. The van der Waals surface area contributed by atoms with Gasteiger partial charge in [0.15, 0.2) is 5.69 Å². The third kappa shape index (κ3) is 3.96. The van der Waals surface area contributed by atoms with Crippen molar-refractivity contribution in [3.63, 3.8) is 0 Å². The normalized spacial score (nSPS) is 10.6. The van der Waals surface area contributed by atoms with E-state index in [9.17, 15) is 0 Å². The van der Waals surface area contributed by atoms with Crippen LogP contribution in [0.3, 0.4) is 0 Å². The van der Waals surface area contributed by atoms with Gasteiger partial charge in [-0.2, -0.15) is 5.26 Å². The first-order chi connectivity index (χ1) is 9.58. The van der Waals surface area contributed by atoms with E-state index in [0.29, 0.717) is 29.7 Å². The molecule has 3 nitrogen and oxygen atoms in total. The average Bonchev–Trinajstić information content (AvgIpc) is 2.85. The van der Waals surface area contributed by atoms with Gasteiger partial charge in [-0.25, -0.2) is 4.98 Å². The van der Waals surface area contributed by atoms with Crippen LogP contribution >= 0.6 is 22.9 Å². The van der Waals surface area contributed by atoms with Gasteiger partial charge >= 0.3 is 0 Å². The lowest BCUT2D eigenvalue weighted by atomic mass is 10.1. The summed E-state index contributed by atoms with van der Waals surface area (Å²) in [7, 11) is 0. The Bertz CT molecular complexity index is 631. The highest BCUT2D eigenvalue weighted by molar-refractivity contribution is 7.09. The molecule has 1 aromatic heterocycles. The zero-order chi connectivity index (χ0) is 14.5. The Labute approximate surface area is 127 Å². The Morgan fingerprint density at radius 2 is 2.25 bits per heavy atom. The standard InChI is InChI=1S/C15H15ClN2OS/c1-10(2)8-19-14-4-3-12(16)5-11(14)6-15-18-13(7-17)9-20-15/h3-5,9-10H,6,8H2,1-2H3. The molecule has 0 fully saturated rings. The van der Waals surface area contributed by atoms with Gasteiger partial charge < -0.3 is 4.74 Å². The molecule has 1 aromatic carbocycles. The van der Waals surface area contributed by atoms with Crippen molar-refractivity contribution < 1.29 is 4.74 Å². The van der Waals surface area contributed by atoms with Gasteiger partial charge in [0.05, 0.1) is 11.6 Å². The van der Waals surface area contributed by atoms with E-state index < -0.39 is 0 Å². The average molecular weight is 307 g/mol. The summed E-state index contributed by atoms with van der Waals surface area (Å²) in [6, 6.07) is 7.65. The lowest BCUT2D eigenvalue weighted by Gasteiger charge is -2.13. The van der Waals surface area contributed by atoms with E-state index in [1.54, 1.807) is 5.38 Å². The van der Waals surface area contributed by atoms with Crippen molar-refractivity contribution in [2.75, 3.05) is 6.61 Å². The van der Waals surface area contributed by atoms with Crippen LogP contribution in [0.25, 0.3) is 0 Å². The fourth-order valence-electron chi connectivity index (χ4n) is 1.69. The maximum Gasteiger partial charge on any atom is 0.151 e. The molecule has 104 valence electrons. The molecule has 2 rings (SSSR count). The summed E-state index contributed by atoms with van der Waals surface area (Å²) in [5.41, 5.74) is 1.45. The molecule has 0 unspecified atom stereocenters. The van der Waals surface area contributed by atoms with Gasteiger partial charge in [-0.1, -0.05) is 25.4 Å². The van der Waals surface area contributed by atoms with Crippen LogP contribution in [-0.2, 0) is 6.42 Å². The summed E-state index contributed by atoms with van der Waals surface area (Å²) in [4.78, 5) is 4.25. The first-order valence-corrected chi connectivity index (χ1v) is 7.60. The molecule has 0 bridgehead atoms. The van der Waals surface area contributed by atoms with Crippen molar-refractivity contribution in [2.24, 2.45) is 5.92 Å². The summed E-state index contributed by atoms with van der Waals surface area (Å²) in [5.74, 6) is 1.29. The molecule has 0 saturated carbocycles. The van der Waals surface area contributed by atoms with Crippen molar-refractivity contribution in [2.45, 2.75) is 20.3 Å². The predicted octanol–water partition coefficient (Wildman–Crippen LogP) is 4.29. The van der Waals surface area contributed by atoms with Crippen molar-refractivity contribution >= 4 is 22.9 Å². The summed E-state index contributed by atoms with van der Waals surface area (Å²) >= 11 is 7.53. The molecule has 0 spiro atoms. The lowest BCUT2D eigenvalue weighted by molar-refractivity contribution is 0.269. The number of rotatable bonds is 5. The number of benzene rings is 1. The molecule has 0 aliphatic carbocycles. The zero-order valence-electron chi connectivity index (χ0n) is 11.4. The van der Waals surface area contributed by atoms with Gasteiger partial charge in [0.25, 0.3) is 0 Å². The number of ether oxygens (including phenoxy) is 1. The smallest absolute Gasteiger partial charge is 0.151 e. The van der Waals surface area contributed by atoms with E-state index in [4.69, 9.17) is 21.6 Å². The maximum absolute atomic E-state index is 8.81. The molecule has 20 heavy (non-hydrogen) atoms. The molecule has 0 amide bonds. The second-order valence-corrected chi connectivity index (χ2v) is 6.25. The SMILES string of the molecule is CC(C)COc1ccc(Cl)cc1Cc1nc(C#N)cs1. The Hall–Kier alpha value is -1.57. The number of halogens is 1. The van der Waals surface area contributed by atoms with Gasteiger partial charge in [-0.15, -0.1) is 11.3 Å². The Morgan fingerprint density at radius 1 is 1.45 bits per heavy atom. The molecule has 0 radical (unpaired) electrons.